The number of aliphatic hydroxyl groups is 1. The Kier molecular flexibility index (Phi) is 3.15. The van der Waals surface area contributed by atoms with Crippen molar-refractivity contribution in [3.63, 3.8) is 0 Å². The third kappa shape index (κ3) is 2.02. The zero-order valence-electron chi connectivity index (χ0n) is 13.8. The van der Waals surface area contributed by atoms with E-state index in [9.17, 15) is 9.59 Å². The summed E-state index contributed by atoms with van der Waals surface area (Å²) in [4.78, 5) is 0.579. The largest absolute Gasteiger partial charge is 0.384 e. The molecule has 0 radical (unpaired) electrons. The molecule has 0 amide bonds. The van der Waals surface area contributed by atoms with E-state index in [0.29, 0.717) is 16.6 Å². The fourth-order valence-electron chi connectivity index (χ4n) is 6.20. The summed E-state index contributed by atoms with van der Waals surface area (Å²) in [5, 5.41) is 12.0. The van der Waals surface area contributed by atoms with Gasteiger partial charge in [-0.3, -0.25) is 0 Å². The van der Waals surface area contributed by atoms with Crippen LogP contribution in [0.3, 0.4) is 0 Å². The monoisotopic (exact) mass is 327 g/mol. The molecular formula is C20H24FN2O+. The van der Waals surface area contributed by atoms with Gasteiger partial charge in [0, 0.05) is 4.48 Å². The van der Waals surface area contributed by atoms with Crippen LogP contribution in [-0.4, -0.2) is 15.5 Å². The van der Waals surface area contributed by atoms with Crippen LogP contribution in [0.25, 0.3) is 0 Å². The molecule has 1 unspecified atom stereocenters. The van der Waals surface area contributed by atoms with Crippen LogP contribution in [0.2, 0.25) is 0 Å². The normalized spacial score (nSPS) is 38.4. The number of benzene rings is 1. The Morgan fingerprint density at radius 1 is 1.04 bits per heavy atom. The molecule has 2 aromatic rings. The first kappa shape index (κ1) is 14.6. The van der Waals surface area contributed by atoms with Crippen molar-refractivity contribution in [1.82, 2.24) is 4.79 Å². The smallest absolute Gasteiger partial charge is 0.281 e. The first-order valence-corrected chi connectivity index (χ1v) is 9.16. The molecule has 4 saturated carbocycles. The summed E-state index contributed by atoms with van der Waals surface area (Å²) in [6.45, 7) is 0. The first-order valence-electron chi connectivity index (χ1n) is 9.16. The predicted molar refractivity (Wildman–Crippen MR) is 87.7 cm³/mol. The van der Waals surface area contributed by atoms with Gasteiger partial charge in [-0.1, -0.05) is 30.3 Å². The maximum atomic E-state index is 13.7. The SMILES string of the molecule is OC1(C(c2ccccc2)[n+]2ccn(F)c2)C2CC3CC(C2)CC1C3. The zero-order valence-corrected chi connectivity index (χ0v) is 13.8. The molecule has 1 atom stereocenters. The van der Waals surface area contributed by atoms with E-state index in [0.717, 1.165) is 43.1 Å². The molecule has 1 aromatic carbocycles. The van der Waals surface area contributed by atoms with Crippen LogP contribution in [0.4, 0.5) is 4.48 Å². The van der Waals surface area contributed by atoms with Gasteiger partial charge in [0.25, 0.3) is 6.33 Å². The Balaban J connectivity index is 1.64. The minimum Gasteiger partial charge on any atom is -0.384 e. The lowest BCUT2D eigenvalue weighted by Gasteiger charge is -2.60. The van der Waals surface area contributed by atoms with Crippen molar-refractivity contribution in [2.24, 2.45) is 23.7 Å². The maximum Gasteiger partial charge on any atom is 0.281 e. The molecule has 4 aliphatic rings. The van der Waals surface area contributed by atoms with Gasteiger partial charge in [0.15, 0.2) is 12.2 Å². The summed E-state index contributed by atoms with van der Waals surface area (Å²) in [6.07, 6.45) is 10.5. The number of imidazole rings is 1. The van der Waals surface area contributed by atoms with Crippen LogP contribution in [0, 0.1) is 23.7 Å². The van der Waals surface area contributed by atoms with Gasteiger partial charge in [-0.15, -0.1) is 0 Å². The van der Waals surface area contributed by atoms with Crippen LogP contribution >= 0.6 is 0 Å². The molecule has 1 N–H and O–H groups in total. The molecule has 4 fully saturated rings. The molecule has 24 heavy (non-hydrogen) atoms. The number of aromatic nitrogens is 2. The quantitative estimate of drug-likeness (QED) is 0.861. The van der Waals surface area contributed by atoms with E-state index in [1.807, 2.05) is 22.8 Å². The molecule has 4 aliphatic carbocycles. The number of nitrogens with zero attached hydrogens (tertiary/aromatic N) is 2. The van der Waals surface area contributed by atoms with Gasteiger partial charge >= 0.3 is 0 Å². The fourth-order valence-corrected chi connectivity index (χ4v) is 6.20. The van der Waals surface area contributed by atoms with Crippen molar-refractivity contribution in [1.29, 1.82) is 0 Å². The predicted octanol–water partition coefficient (Wildman–Crippen LogP) is 3.28. The number of hydrogen-bond acceptors (Lipinski definition) is 1. The number of halogens is 1. The summed E-state index contributed by atoms with van der Waals surface area (Å²) in [6, 6.07) is 9.92. The van der Waals surface area contributed by atoms with Gasteiger partial charge in [0.1, 0.15) is 11.8 Å². The van der Waals surface area contributed by atoms with E-state index < -0.39 is 5.60 Å². The lowest BCUT2D eigenvalue weighted by molar-refractivity contribution is -0.733. The average molecular weight is 327 g/mol. The Morgan fingerprint density at radius 3 is 2.21 bits per heavy atom. The van der Waals surface area contributed by atoms with E-state index in [1.165, 1.54) is 18.9 Å². The third-order valence-electron chi connectivity index (χ3n) is 6.92. The standard InChI is InChI=1S/C20H24FN2O/c21-23-7-6-22(13-23)19(16-4-2-1-3-5-16)20(24)17-9-14-8-15(11-17)12-18(20)10-14/h1-7,13-15,17-19,24H,8-12H2/q+1. The van der Waals surface area contributed by atoms with E-state index in [1.54, 1.807) is 6.20 Å². The van der Waals surface area contributed by atoms with Crippen molar-refractivity contribution >= 4 is 0 Å². The highest BCUT2D eigenvalue weighted by molar-refractivity contribution is 5.24. The Bertz CT molecular complexity index is 713. The molecule has 0 spiro atoms. The number of rotatable bonds is 3. The zero-order chi connectivity index (χ0) is 16.3. The van der Waals surface area contributed by atoms with Crippen molar-refractivity contribution in [3.8, 4) is 0 Å². The Hall–Kier alpha value is -1.68. The van der Waals surface area contributed by atoms with Crippen molar-refractivity contribution < 1.29 is 14.2 Å². The summed E-state index contributed by atoms with van der Waals surface area (Å²) < 4.78 is 15.5. The first-order chi connectivity index (χ1) is 11.6. The Labute approximate surface area is 141 Å². The second kappa shape index (κ2) is 5.16. The summed E-state index contributed by atoms with van der Waals surface area (Å²) in [5.41, 5.74) is 0.296. The molecular weight excluding hydrogens is 303 g/mol. The summed E-state index contributed by atoms with van der Waals surface area (Å²) in [5.74, 6) is 2.24. The fraction of sp³-hybridized carbons (Fsp3) is 0.550. The highest BCUT2D eigenvalue weighted by Crippen LogP contribution is 2.61. The van der Waals surface area contributed by atoms with E-state index in [2.05, 4.69) is 12.1 Å². The van der Waals surface area contributed by atoms with Gasteiger partial charge in [0.2, 0.25) is 0 Å². The van der Waals surface area contributed by atoms with Gasteiger partial charge in [-0.25, -0.2) is 4.57 Å². The second-order valence-electron chi connectivity index (χ2n) is 8.21. The van der Waals surface area contributed by atoms with Crippen LogP contribution < -0.4 is 4.57 Å². The maximum absolute atomic E-state index is 13.7. The van der Waals surface area contributed by atoms with Gasteiger partial charge in [0.05, 0.1) is 0 Å². The molecule has 126 valence electrons. The molecule has 6 rings (SSSR count). The van der Waals surface area contributed by atoms with Crippen molar-refractivity contribution in [3.05, 3.63) is 54.6 Å². The molecule has 1 aromatic heterocycles. The molecule has 0 aliphatic heterocycles. The molecule has 4 bridgehead atoms. The molecule has 4 heteroatoms. The third-order valence-corrected chi connectivity index (χ3v) is 6.92. The van der Waals surface area contributed by atoms with Crippen LogP contribution in [-0.2, 0) is 0 Å². The van der Waals surface area contributed by atoms with Crippen LogP contribution in [0.15, 0.2) is 49.1 Å². The van der Waals surface area contributed by atoms with Crippen molar-refractivity contribution in [2.75, 3.05) is 0 Å². The van der Waals surface area contributed by atoms with Gasteiger partial charge < -0.3 is 5.11 Å². The minimum absolute atomic E-state index is 0.217. The highest BCUT2D eigenvalue weighted by Gasteiger charge is 2.61. The summed E-state index contributed by atoms with van der Waals surface area (Å²) in [7, 11) is 0. The molecule has 3 nitrogen and oxygen atoms in total. The van der Waals surface area contributed by atoms with Crippen LogP contribution in [0.5, 0.6) is 0 Å². The van der Waals surface area contributed by atoms with E-state index in [4.69, 9.17) is 0 Å². The van der Waals surface area contributed by atoms with Gasteiger partial charge in [-0.2, -0.15) is 0 Å². The van der Waals surface area contributed by atoms with E-state index in [-0.39, 0.29) is 6.04 Å². The molecule has 0 saturated heterocycles. The highest BCUT2D eigenvalue weighted by atomic mass is 19.2. The van der Waals surface area contributed by atoms with E-state index >= 15 is 0 Å². The lowest BCUT2D eigenvalue weighted by Crippen LogP contribution is -2.66. The van der Waals surface area contributed by atoms with Crippen molar-refractivity contribution in [2.45, 2.75) is 43.7 Å². The summed E-state index contributed by atoms with van der Waals surface area (Å²) >= 11 is 0. The minimum atomic E-state index is -0.777. The topological polar surface area (TPSA) is 29.0 Å². The van der Waals surface area contributed by atoms with Gasteiger partial charge in [-0.05, 0) is 66.1 Å². The number of hydrogen-bond donors (Lipinski definition) is 1. The van der Waals surface area contributed by atoms with Crippen LogP contribution in [0.1, 0.15) is 43.7 Å². The lowest BCUT2D eigenvalue weighted by atomic mass is 9.48. The second-order valence-corrected chi connectivity index (χ2v) is 8.21. The Morgan fingerprint density at radius 2 is 1.67 bits per heavy atom. The molecule has 1 heterocycles. The average Bonchev–Trinajstić information content (AvgIpc) is 2.99.